The molecule has 70 heavy (non-hydrogen) atoms. The summed E-state index contributed by atoms with van der Waals surface area (Å²) in [5, 5.41) is 0. The minimum Gasteiger partial charge on any atom is -0.310 e. The molecule has 9 aromatic carbocycles. The largest absolute Gasteiger partial charge is 0.310 e. The predicted molar refractivity (Wildman–Crippen MR) is 295 cm³/mol. The van der Waals surface area contributed by atoms with Crippen molar-refractivity contribution in [3.8, 4) is 55.6 Å². The lowest BCUT2D eigenvalue weighted by Crippen LogP contribution is -2.27. The fourth-order valence-electron chi connectivity index (χ4n) is 13.4. The van der Waals surface area contributed by atoms with Gasteiger partial charge in [0.1, 0.15) is 0 Å². The molecule has 0 amide bonds. The lowest BCUT2D eigenvalue weighted by molar-refractivity contribution is 0.586. The Hall–Kier alpha value is -7.22. The van der Waals surface area contributed by atoms with Crippen molar-refractivity contribution in [2.75, 3.05) is 4.90 Å². The summed E-state index contributed by atoms with van der Waals surface area (Å²) >= 11 is 0. The van der Waals surface area contributed by atoms with Crippen LogP contribution in [-0.2, 0) is 27.1 Å². The molecule has 1 spiro atoms. The molecule has 0 aliphatic heterocycles. The van der Waals surface area contributed by atoms with Crippen LogP contribution in [0.3, 0.4) is 0 Å². The molecule has 0 N–H and O–H groups in total. The quantitative estimate of drug-likeness (QED) is 0.170. The van der Waals surface area contributed by atoms with Crippen LogP contribution in [0.2, 0.25) is 0 Å². The summed E-state index contributed by atoms with van der Waals surface area (Å²) in [7, 11) is 0. The van der Waals surface area contributed by atoms with E-state index >= 15 is 0 Å². The number of benzene rings is 9. The van der Waals surface area contributed by atoms with Gasteiger partial charge in [-0.25, -0.2) is 0 Å². The third-order valence-electron chi connectivity index (χ3n) is 17.0. The van der Waals surface area contributed by atoms with Gasteiger partial charge in [-0.15, -0.1) is 0 Å². The molecule has 0 fully saturated rings. The molecule has 0 bridgehead atoms. The van der Waals surface area contributed by atoms with Crippen molar-refractivity contribution < 1.29 is 0 Å². The molecule has 0 heterocycles. The topological polar surface area (TPSA) is 3.24 Å². The highest BCUT2D eigenvalue weighted by molar-refractivity contribution is 6.02. The maximum Gasteiger partial charge on any atom is 0.0726 e. The van der Waals surface area contributed by atoms with Gasteiger partial charge >= 0.3 is 0 Å². The Morgan fingerprint density at radius 3 is 1.40 bits per heavy atom. The van der Waals surface area contributed by atoms with Crippen molar-refractivity contribution in [3.05, 3.63) is 244 Å². The second-order valence-corrected chi connectivity index (χ2v) is 23.7. The fourth-order valence-corrected chi connectivity index (χ4v) is 13.4. The van der Waals surface area contributed by atoms with Crippen molar-refractivity contribution in [2.45, 2.75) is 96.3 Å². The molecular weight excluding hydrogens is 843 g/mol. The summed E-state index contributed by atoms with van der Waals surface area (Å²) < 4.78 is 0. The molecule has 0 aromatic heterocycles. The van der Waals surface area contributed by atoms with Crippen LogP contribution in [-0.4, -0.2) is 0 Å². The fraction of sp³-hybridized carbons (Fsp3) is 0.217. The van der Waals surface area contributed by atoms with Crippen LogP contribution in [0.25, 0.3) is 55.6 Å². The molecule has 0 saturated heterocycles. The van der Waals surface area contributed by atoms with Gasteiger partial charge in [0.2, 0.25) is 0 Å². The van der Waals surface area contributed by atoms with E-state index in [9.17, 15) is 0 Å². The summed E-state index contributed by atoms with van der Waals surface area (Å²) in [6, 6.07) is 72.8. The van der Waals surface area contributed by atoms with E-state index in [4.69, 9.17) is 0 Å². The number of hydrogen-bond acceptors (Lipinski definition) is 1. The molecule has 342 valence electrons. The van der Waals surface area contributed by atoms with Crippen molar-refractivity contribution >= 4 is 17.1 Å². The van der Waals surface area contributed by atoms with Crippen LogP contribution in [0.15, 0.2) is 188 Å². The number of hydrogen-bond donors (Lipinski definition) is 0. The highest BCUT2D eigenvalue weighted by Gasteiger charge is 2.53. The maximum absolute atomic E-state index is 2.61. The third kappa shape index (κ3) is 5.73. The molecule has 4 aliphatic carbocycles. The number of anilines is 3. The maximum atomic E-state index is 2.61. The van der Waals surface area contributed by atoms with E-state index in [1.807, 2.05) is 0 Å². The van der Waals surface area contributed by atoms with Gasteiger partial charge in [-0.2, -0.15) is 0 Å². The summed E-state index contributed by atoms with van der Waals surface area (Å²) in [6.07, 6.45) is 0. The average molecular weight is 904 g/mol. The molecule has 0 unspecified atom stereocenters. The van der Waals surface area contributed by atoms with Crippen LogP contribution in [0.1, 0.15) is 125 Å². The van der Waals surface area contributed by atoms with E-state index in [0.29, 0.717) is 0 Å². The van der Waals surface area contributed by atoms with Crippen molar-refractivity contribution in [1.29, 1.82) is 0 Å². The van der Waals surface area contributed by atoms with Gasteiger partial charge in [0, 0.05) is 27.8 Å². The summed E-state index contributed by atoms with van der Waals surface area (Å²) in [5.41, 5.74) is 29.4. The van der Waals surface area contributed by atoms with Gasteiger partial charge in [-0.1, -0.05) is 227 Å². The number of nitrogens with zero attached hydrogens (tertiary/aromatic N) is 1. The van der Waals surface area contributed by atoms with E-state index in [0.717, 1.165) is 11.4 Å². The highest BCUT2D eigenvalue weighted by Crippen LogP contribution is 2.66. The Labute approximate surface area is 415 Å². The highest BCUT2D eigenvalue weighted by atomic mass is 15.1. The third-order valence-corrected chi connectivity index (χ3v) is 17.0. The lowest BCUT2D eigenvalue weighted by atomic mass is 9.68. The van der Waals surface area contributed by atoms with Crippen molar-refractivity contribution in [2.24, 2.45) is 0 Å². The zero-order valence-corrected chi connectivity index (χ0v) is 42.3. The smallest absolute Gasteiger partial charge is 0.0726 e. The molecule has 9 aromatic rings. The van der Waals surface area contributed by atoms with Gasteiger partial charge in [0.05, 0.1) is 11.1 Å². The van der Waals surface area contributed by atoms with Crippen LogP contribution >= 0.6 is 0 Å². The van der Waals surface area contributed by atoms with Crippen molar-refractivity contribution in [1.82, 2.24) is 0 Å². The molecule has 1 heteroatoms. The Kier molecular flexibility index (Phi) is 8.83. The second kappa shape index (κ2) is 14.4. The van der Waals surface area contributed by atoms with Crippen LogP contribution in [0.4, 0.5) is 17.1 Å². The molecule has 13 rings (SSSR count). The summed E-state index contributed by atoms with van der Waals surface area (Å²) in [5.74, 6) is 0. The SMILES string of the molecule is CC(C)(C)c1ccc2c(c1)C1(c3ccccc3-c3ccccc31)c1cc(C(C)(C)C)cc(N(c3ccc(-c4cccc5c4-c4ccccc4C5(C)C)cc3)c3ccc4c(c3)C(C)(C)c3ccccc3-4)c1-2. The van der Waals surface area contributed by atoms with E-state index < -0.39 is 5.41 Å². The lowest BCUT2D eigenvalue weighted by Gasteiger charge is -2.35. The first kappa shape index (κ1) is 42.8. The van der Waals surface area contributed by atoms with Gasteiger partial charge in [0.15, 0.2) is 0 Å². The van der Waals surface area contributed by atoms with Crippen LogP contribution in [0.5, 0.6) is 0 Å². The number of rotatable bonds is 4. The first-order chi connectivity index (χ1) is 33.5. The summed E-state index contributed by atoms with van der Waals surface area (Å²) in [4.78, 5) is 2.61. The van der Waals surface area contributed by atoms with E-state index in [2.05, 4.69) is 262 Å². The van der Waals surface area contributed by atoms with E-state index in [-0.39, 0.29) is 21.7 Å². The molecule has 4 aliphatic rings. The first-order valence-electron chi connectivity index (χ1n) is 25.4. The Morgan fingerprint density at radius 2 is 0.771 bits per heavy atom. The summed E-state index contributed by atoms with van der Waals surface area (Å²) in [6.45, 7) is 23.8. The monoisotopic (exact) mass is 903 g/mol. The second-order valence-electron chi connectivity index (χ2n) is 23.7. The van der Waals surface area contributed by atoms with Gasteiger partial charge in [-0.3, -0.25) is 0 Å². The van der Waals surface area contributed by atoms with Gasteiger partial charge < -0.3 is 4.90 Å². The van der Waals surface area contributed by atoms with Crippen LogP contribution < -0.4 is 4.90 Å². The molecule has 1 nitrogen and oxygen atoms in total. The van der Waals surface area contributed by atoms with Gasteiger partial charge in [-0.05, 0) is 147 Å². The Bertz CT molecular complexity index is 3630. The predicted octanol–water partition coefficient (Wildman–Crippen LogP) is 18.4. The molecule has 0 radical (unpaired) electrons. The van der Waals surface area contributed by atoms with Gasteiger partial charge in [0.25, 0.3) is 0 Å². The molecular formula is C69H61N. The van der Waals surface area contributed by atoms with E-state index in [1.165, 1.54) is 117 Å². The molecule has 0 saturated carbocycles. The Morgan fingerprint density at radius 1 is 0.314 bits per heavy atom. The Balaban J connectivity index is 1.11. The zero-order valence-electron chi connectivity index (χ0n) is 42.3. The zero-order chi connectivity index (χ0) is 48.3. The standard InChI is InChI=1S/C69H61N/c1-65(2,3)43-32-36-53-60(38-43)69(56-27-17-12-21-49(56)50-22-13-18-28-57(50)69)61-39-44(66(4,5)6)40-62(64(53)61)70(46-35-37-51-48-20-11-15-25-54(48)68(9,10)59(51)41-46)45-33-30-42(31-34-45)47-24-19-29-58-63(47)52-23-14-16-26-55(52)67(58,7)8/h11-41H,1-10H3. The van der Waals surface area contributed by atoms with E-state index in [1.54, 1.807) is 0 Å². The molecule has 0 atom stereocenters. The first-order valence-corrected chi connectivity index (χ1v) is 25.4. The van der Waals surface area contributed by atoms with Crippen LogP contribution in [0, 0.1) is 0 Å². The minimum atomic E-state index is -0.510. The average Bonchev–Trinajstić information content (AvgIpc) is 3.99. The normalized spacial score (nSPS) is 15.6. The number of fused-ring (bicyclic) bond motifs is 16. The van der Waals surface area contributed by atoms with Crippen molar-refractivity contribution in [3.63, 3.8) is 0 Å². The minimum absolute atomic E-state index is 0.0404.